The largest absolute Gasteiger partial charge is 0.394 e. The third-order valence-electron chi connectivity index (χ3n) is 4.90. The number of nitrogen functional groups attached to an aromatic ring is 2. The van der Waals surface area contributed by atoms with E-state index in [2.05, 4.69) is 9.97 Å². The monoisotopic (exact) mass is 422 g/mol. The molecule has 0 spiro atoms. The Labute approximate surface area is 171 Å². The zero-order chi connectivity index (χ0) is 21.7. The summed E-state index contributed by atoms with van der Waals surface area (Å²) in [5.41, 5.74) is 9.91. The fourth-order valence-corrected chi connectivity index (χ4v) is 3.34. The minimum Gasteiger partial charge on any atom is -0.394 e. The van der Waals surface area contributed by atoms with Gasteiger partial charge in [0.25, 0.3) is 0 Å². The van der Waals surface area contributed by atoms with Crippen molar-refractivity contribution in [1.29, 1.82) is 0 Å². The molecule has 0 saturated carbocycles. The van der Waals surface area contributed by atoms with E-state index in [1.807, 2.05) is 0 Å². The van der Waals surface area contributed by atoms with Crippen LogP contribution in [0.1, 0.15) is 38.1 Å². The maximum atomic E-state index is 11.5. The van der Waals surface area contributed by atoms with E-state index in [9.17, 15) is 9.59 Å². The maximum absolute atomic E-state index is 11.5. The van der Waals surface area contributed by atoms with Gasteiger partial charge in [0.2, 0.25) is 0 Å². The van der Waals surface area contributed by atoms with E-state index in [1.165, 1.54) is 9.13 Å². The molecular weight excluding hydrogens is 396 g/mol. The molecule has 0 bridgehead atoms. The molecule has 2 aromatic heterocycles. The summed E-state index contributed by atoms with van der Waals surface area (Å²) in [7, 11) is 0. The van der Waals surface area contributed by atoms with Crippen molar-refractivity contribution in [2.24, 2.45) is 0 Å². The molecule has 0 radical (unpaired) electrons. The molecule has 6 N–H and O–H groups in total. The van der Waals surface area contributed by atoms with Gasteiger partial charge in [0.05, 0.1) is 25.4 Å². The molecule has 0 aromatic carbocycles. The molecule has 2 aliphatic heterocycles. The van der Waals surface area contributed by atoms with Crippen LogP contribution in [-0.2, 0) is 9.47 Å². The van der Waals surface area contributed by atoms with Crippen molar-refractivity contribution >= 4 is 11.6 Å². The fraction of sp³-hybridized carbons (Fsp3) is 0.556. The Hall–Kier alpha value is -2.80. The van der Waals surface area contributed by atoms with Crippen LogP contribution >= 0.6 is 0 Å². The van der Waals surface area contributed by atoms with Crippen molar-refractivity contribution in [2.45, 2.75) is 50.3 Å². The van der Waals surface area contributed by atoms with Crippen LogP contribution < -0.4 is 22.8 Å². The number of aliphatic hydroxyl groups is 2. The van der Waals surface area contributed by atoms with Crippen LogP contribution in [0.5, 0.6) is 0 Å². The standard InChI is InChI=1S/2C9H13N3O3/c2*10-7-3-4-12(9(14)11-7)8-2-1-6(5-13)15-8/h2*3-4,6,8,13H,1-2,5H2,(H2,10,11,14)/t2*6-,8+/m00/s1. The average molecular weight is 422 g/mol. The first-order valence-corrected chi connectivity index (χ1v) is 9.63. The summed E-state index contributed by atoms with van der Waals surface area (Å²) in [5.74, 6) is 0.404. The van der Waals surface area contributed by atoms with E-state index in [0.29, 0.717) is 12.8 Å². The summed E-state index contributed by atoms with van der Waals surface area (Å²) in [5, 5.41) is 17.8. The Morgan fingerprint density at radius 1 is 0.833 bits per heavy atom. The lowest BCUT2D eigenvalue weighted by Gasteiger charge is -2.14. The molecule has 0 unspecified atom stereocenters. The minimum absolute atomic E-state index is 0.0202. The van der Waals surface area contributed by atoms with Crippen molar-refractivity contribution in [1.82, 2.24) is 19.1 Å². The molecular formula is C18H26N6O6. The quantitative estimate of drug-likeness (QED) is 0.476. The van der Waals surface area contributed by atoms with Gasteiger partial charge in [-0.25, -0.2) is 9.59 Å². The molecule has 2 saturated heterocycles. The van der Waals surface area contributed by atoms with Crippen LogP contribution in [0.3, 0.4) is 0 Å². The number of aliphatic hydroxyl groups excluding tert-OH is 2. The van der Waals surface area contributed by atoms with Crippen LogP contribution in [0.2, 0.25) is 0 Å². The number of hydrogen-bond donors (Lipinski definition) is 4. The lowest BCUT2D eigenvalue weighted by Crippen LogP contribution is -2.27. The van der Waals surface area contributed by atoms with Gasteiger partial charge in [-0.2, -0.15) is 9.97 Å². The fourth-order valence-electron chi connectivity index (χ4n) is 3.34. The molecule has 12 heteroatoms. The third-order valence-corrected chi connectivity index (χ3v) is 4.90. The number of rotatable bonds is 4. The lowest BCUT2D eigenvalue weighted by molar-refractivity contribution is -0.0246. The van der Waals surface area contributed by atoms with Crippen molar-refractivity contribution in [3.63, 3.8) is 0 Å². The first-order chi connectivity index (χ1) is 14.4. The first kappa shape index (κ1) is 21.9. The van der Waals surface area contributed by atoms with Crippen LogP contribution in [0, 0.1) is 0 Å². The third kappa shape index (κ3) is 5.21. The molecule has 0 amide bonds. The topological polar surface area (TPSA) is 181 Å². The second-order valence-electron chi connectivity index (χ2n) is 7.03. The predicted octanol–water partition coefficient (Wildman–Crippen LogP) is -1.01. The summed E-state index contributed by atoms with van der Waals surface area (Å²) >= 11 is 0. The summed E-state index contributed by atoms with van der Waals surface area (Å²) in [6.45, 7) is -0.0404. The predicted molar refractivity (Wildman–Crippen MR) is 106 cm³/mol. The molecule has 4 heterocycles. The van der Waals surface area contributed by atoms with Gasteiger partial charge >= 0.3 is 11.4 Å². The lowest BCUT2D eigenvalue weighted by atomic mass is 10.2. The van der Waals surface area contributed by atoms with Crippen LogP contribution in [0.15, 0.2) is 34.1 Å². The Kier molecular flexibility index (Phi) is 7.15. The molecule has 4 rings (SSSR count). The second-order valence-corrected chi connectivity index (χ2v) is 7.03. The van der Waals surface area contributed by atoms with Gasteiger partial charge in [0.15, 0.2) is 0 Å². The van der Waals surface area contributed by atoms with Gasteiger partial charge in [-0.15, -0.1) is 0 Å². The summed E-state index contributed by atoms with van der Waals surface area (Å²) in [6, 6.07) is 3.11. The van der Waals surface area contributed by atoms with Crippen molar-refractivity contribution in [3.05, 3.63) is 45.5 Å². The highest BCUT2D eigenvalue weighted by atomic mass is 16.5. The zero-order valence-corrected chi connectivity index (χ0v) is 16.3. The zero-order valence-electron chi connectivity index (χ0n) is 16.3. The molecule has 4 atom stereocenters. The van der Waals surface area contributed by atoms with Crippen LogP contribution in [-0.4, -0.2) is 54.7 Å². The van der Waals surface area contributed by atoms with Gasteiger partial charge in [0, 0.05) is 12.4 Å². The number of aromatic nitrogens is 4. The first-order valence-electron chi connectivity index (χ1n) is 9.63. The van der Waals surface area contributed by atoms with Gasteiger partial charge in [-0.05, 0) is 37.8 Å². The Bertz CT molecular complexity index is 885. The van der Waals surface area contributed by atoms with Gasteiger partial charge in [-0.1, -0.05) is 0 Å². The van der Waals surface area contributed by atoms with Crippen LogP contribution in [0.4, 0.5) is 11.6 Å². The second kappa shape index (κ2) is 9.80. The van der Waals surface area contributed by atoms with Crippen molar-refractivity contribution < 1.29 is 19.7 Å². The maximum Gasteiger partial charge on any atom is 0.351 e. The number of nitrogens with zero attached hydrogens (tertiary/aromatic N) is 4. The van der Waals surface area contributed by atoms with E-state index in [0.717, 1.165) is 12.8 Å². The van der Waals surface area contributed by atoms with Crippen LogP contribution in [0.25, 0.3) is 0 Å². The number of nitrogens with two attached hydrogens (primary N) is 2. The minimum atomic E-state index is -0.418. The Morgan fingerprint density at radius 3 is 1.53 bits per heavy atom. The van der Waals surface area contributed by atoms with Crippen molar-refractivity contribution in [2.75, 3.05) is 24.7 Å². The summed E-state index contributed by atoms with van der Waals surface area (Å²) in [4.78, 5) is 30.1. The molecule has 164 valence electrons. The Balaban J connectivity index is 0.000000171. The highest BCUT2D eigenvalue weighted by Gasteiger charge is 2.27. The molecule has 0 aliphatic carbocycles. The van der Waals surface area contributed by atoms with Gasteiger partial charge in [-0.3, -0.25) is 9.13 Å². The highest BCUT2D eigenvalue weighted by molar-refractivity contribution is 5.24. The van der Waals surface area contributed by atoms with Gasteiger partial charge in [0.1, 0.15) is 24.1 Å². The normalized spacial score (nSPS) is 25.7. The molecule has 2 aliphatic rings. The SMILES string of the molecule is Nc1ccn([C@H]2CC[C@@H](CO)O2)c(=O)n1.Nc1ccn([C@H]2CC[C@@H](CO)O2)c(=O)n1. The van der Waals surface area contributed by atoms with Crippen molar-refractivity contribution in [3.8, 4) is 0 Å². The number of ether oxygens (including phenoxy) is 2. The molecule has 30 heavy (non-hydrogen) atoms. The Morgan fingerprint density at radius 2 is 1.23 bits per heavy atom. The smallest absolute Gasteiger partial charge is 0.351 e. The highest BCUT2D eigenvalue weighted by Crippen LogP contribution is 2.27. The van der Waals surface area contributed by atoms with E-state index in [4.69, 9.17) is 31.2 Å². The van der Waals surface area contributed by atoms with E-state index in [1.54, 1.807) is 24.5 Å². The molecule has 12 nitrogen and oxygen atoms in total. The molecule has 2 aromatic rings. The molecule has 2 fully saturated rings. The average Bonchev–Trinajstić information content (AvgIpc) is 3.38. The number of anilines is 2. The van der Waals surface area contributed by atoms with Gasteiger partial charge < -0.3 is 31.2 Å². The van der Waals surface area contributed by atoms with E-state index >= 15 is 0 Å². The van der Waals surface area contributed by atoms with E-state index < -0.39 is 11.4 Å². The van der Waals surface area contributed by atoms with E-state index in [-0.39, 0.29) is 49.5 Å². The summed E-state index contributed by atoms with van der Waals surface area (Å²) < 4.78 is 13.7. The summed E-state index contributed by atoms with van der Waals surface area (Å²) in [6.07, 6.45) is 5.01. The number of hydrogen-bond acceptors (Lipinski definition) is 10.